The van der Waals surface area contributed by atoms with Crippen LogP contribution in [0.3, 0.4) is 0 Å². The van der Waals surface area contributed by atoms with Crippen LogP contribution in [0.2, 0.25) is 0 Å². The number of halogens is 1. The second-order valence-corrected chi connectivity index (χ2v) is 4.92. The van der Waals surface area contributed by atoms with E-state index in [2.05, 4.69) is 0 Å². The molecule has 0 spiro atoms. The van der Waals surface area contributed by atoms with E-state index in [0.717, 1.165) is 11.0 Å². The highest BCUT2D eigenvalue weighted by molar-refractivity contribution is 5.77. The van der Waals surface area contributed by atoms with E-state index in [1.54, 1.807) is 19.1 Å². The molecule has 3 aromatic rings. The molecule has 0 aliphatic rings. The molecule has 0 radical (unpaired) electrons. The van der Waals surface area contributed by atoms with Crippen LogP contribution < -0.4 is 4.74 Å². The second kappa shape index (κ2) is 5.58. The average Bonchev–Trinajstić information content (AvgIpc) is 2.90. The summed E-state index contributed by atoms with van der Waals surface area (Å²) in [6.45, 7) is 1.80. The van der Waals surface area contributed by atoms with E-state index in [4.69, 9.17) is 9.15 Å². The summed E-state index contributed by atoms with van der Waals surface area (Å²) in [5.41, 5.74) is 1.41. The average molecular weight is 286 g/mol. The number of aliphatic hydroxyl groups is 1. The summed E-state index contributed by atoms with van der Waals surface area (Å²) in [4.78, 5) is 0. The van der Waals surface area contributed by atoms with Gasteiger partial charge in [-0.25, -0.2) is 4.39 Å². The van der Waals surface area contributed by atoms with Crippen molar-refractivity contribution in [3.8, 4) is 5.75 Å². The highest BCUT2D eigenvalue weighted by Gasteiger charge is 2.14. The summed E-state index contributed by atoms with van der Waals surface area (Å²) in [6.07, 6.45) is -0.873. The van der Waals surface area contributed by atoms with Crippen LogP contribution in [0.5, 0.6) is 5.75 Å². The summed E-state index contributed by atoms with van der Waals surface area (Å²) in [6, 6.07) is 13.6. The van der Waals surface area contributed by atoms with Gasteiger partial charge in [0.05, 0.1) is 0 Å². The van der Waals surface area contributed by atoms with Gasteiger partial charge in [-0.05, 0) is 42.8 Å². The molecule has 21 heavy (non-hydrogen) atoms. The van der Waals surface area contributed by atoms with Crippen molar-refractivity contribution >= 4 is 11.0 Å². The summed E-state index contributed by atoms with van der Waals surface area (Å²) >= 11 is 0. The lowest BCUT2D eigenvalue weighted by atomic mass is 10.2. The van der Waals surface area contributed by atoms with E-state index in [-0.39, 0.29) is 12.4 Å². The number of benzene rings is 2. The largest absolute Gasteiger partial charge is 0.490 e. The second-order valence-electron chi connectivity index (χ2n) is 4.92. The third-order valence-corrected chi connectivity index (χ3v) is 3.31. The van der Waals surface area contributed by atoms with Gasteiger partial charge in [0.15, 0.2) is 0 Å². The fourth-order valence-corrected chi connectivity index (χ4v) is 2.19. The summed E-state index contributed by atoms with van der Waals surface area (Å²) < 4.78 is 24.1. The Labute approximate surface area is 121 Å². The maximum atomic E-state index is 13.0. The van der Waals surface area contributed by atoms with Crippen molar-refractivity contribution in [1.29, 1.82) is 0 Å². The Morgan fingerprint density at radius 2 is 2.00 bits per heavy atom. The van der Waals surface area contributed by atoms with Gasteiger partial charge in [0.1, 0.15) is 35.6 Å². The topological polar surface area (TPSA) is 42.6 Å². The fourth-order valence-electron chi connectivity index (χ4n) is 2.19. The lowest BCUT2D eigenvalue weighted by Crippen LogP contribution is -2.09. The number of aryl methyl sites for hydroxylation is 1. The lowest BCUT2D eigenvalue weighted by molar-refractivity contribution is 0.0899. The molecule has 1 aromatic heterocycles. The molecule has 0 saturated carbocycles. The molecular weight excluding hydrogens is 271 g/mol. The summed E-state index contributed by atoms with van der Waals surface area (Å²) in [5.74, 6) is 0.695. The zero-order chi connectivity index (χ0) is 14.8. The van der Waals surface area contributed by atoms with Crippen molar-refractivity contribution in [2.45, 2.75) is 13.0 Å². The Kier molecular flexibility index (Phi) is 3.62. The van der Waals surface area contributed by atoms with Crippen molar-refractivity contribution in [3.63, 3.8) is 0 Å². The molecule has 2 aromatic carbocycles. The van der Waals surface area contributed by atoms with E-state index in [0.29, 0.717) is 17.1 Å². The van der Waals surface area contributed by atoms with Crippen molar-refractivity contribution < 1.29 is 18.7 Å². The van der Waals surface area contributed by atoms with E-state index >= 15 is 0 Å². The molecule has 1 heterocycles. The van der Waals surface area contributed by atoms with Crippen molar-refractivity contribution in [1.82, 2.24) is 0 Å². The maximum absolute atomic E-state index is 13.0. The molecule has 1 N–H and O–H groups in total. The molecule has 4 heteroatoms. The van der Waals surface area contributed by atoms with Crippen LogP contribution in [0.1, 0.15) is 17.4 Å². The maximum Gasteiger partial charge on any atom is 0.145 e. The van der Waals surface area contributed by atoms with Crippen LogP contribution in [0.15, 0.2) is 52.9 Å². The Morgan fingerprint density at radius 1 is 1.19 bits per heavy atom. The van der Waals surface area contributed by atoms with Crippen molar-refractivity contribution in [2.75, 3.05) is 6.61 Å². The van der Waals surface area contributed by atoms with Gasteiger partial charge >= 0.3 is 0 Å². The molecular formula is C17H15FO3. The van der Waals surface area contributed by atoms with Crippen LogP contribution >= 0.6 is 0 Å². The Balaban J connectivity index is 1.72. The minimum Gasteiger partial charge on any atom is -0.490 e. The van der Waals surface area contributed by atoms with E-state index in [1.807, 2.05) is 24.3 Å². The Morgan fingerprint density at radius 3 is 2.76 bits per heavy atom. The van der Waals surface area contributed by atoms with Gasteiger partial charge in [-0.2, -0.15) is 0 Å². The molecule has 0 amide bonds. The SMILES string of the molecule is Cc1cc(F)ccc1OCC(O)c1cc2ccccc2o1. The predicted octanol–water partition coefficient (Wildman–Crippen LogP) is 3.99. The monoisotopic (exact) mass is 286 g/mol. The number of fused-ring (bicyclic) bond motifs is 1. The van der Waals surface area contributed by atoms with Gasteiger partial charge in [0.25, 0.3) is 0 Å². The van der Waals surface area contributed by atoms with Crippen molar-refractivity contribution in [3.05, 3.63) is 65.7 Å². The van der Waals surface area contributed by atoms with Gasteiger partial charge in [0, 0.05) is 5.39 Å². The van der Waals surface area contributed by atoms with Crippen LogP contribution in [0.4, 0.5) is 4.39 Å². The third kappa shape index (κ3) is 2.90. The minimum absolute atomic E-state index is 0.0479. The third-order valence-electron chi connectivity index (χ3n) is 3.31. The number of para-hydroxylation sites is 1. The number of aliphatic hydroxyl groups excluding tert-OH is 1. The molecule has 0 aliphatic heterocycles. The molecule has 3 rings (SSSR count). The first-order valence-electron chi connectivity index (χ1n) is 6.69. The molecule has 0 bridgehead atoms. The Hall–Kier alpha value is -2.33. The number of hydrogen-bond donors (Lipinski definition) is 1. The highest BCUT2D eigenvalue weighted by Crippen LogP contribution is 2.25. The molecule has 0 saturated heterocycles. The molecule has 108 valence electrons. The van der Waals surface area contributed by atoms with E-state index in [1.165, 1.54) is 12.1 Å². The predicted molar refractivity (Wildman–Crippen MR) is 77.8 cm³/mol. The van der Waals surface area contributed by atoms with Gasteiger partial charge < -0.3 is 14.3 Å². The first-order valence-corrected chi connectivity index (χ1v) is 6.69. The molecule has 1 unspecified atom stereocenters. The van der Waals surface area contributed by atoms with Gasteiger partial charge in [0.2, 0.25) is 0 Å². The van der Waals surface area contributed by atoms with Gasteiger partial charge in [-0.15, -0.1) is 0 Å². The van der Waals surface area contributed by atoms with E-state index < -0.39 is 6.10 Å². The fraction of sp³-hybridized carbons (Fsp3) is 0.176. The number of furan rings is 1. The molecule has 0 fully saturated rings. The first-order chi connectivity index (χ1) is 10.1. The minimum atomic E-state index is -0.873. The quantitative estimate of drug-likeness (QED) is 0.788. The summed E-state index contributed by atoms with van der Waals surface area (Å²) in [5, 5.41) is 11.1. The summed E-state index contributed by atoms with van der Waals surface area (Å²) in [7, 11) is 0. The standard InChI is InChI=1S/C17H15FO3/c1-11-8-13(18)6-7-15(11)20-10-14(19)17-9-12-4-2-3-5-16(12)21-17/h2-9,14,19H,10H2,1H3. The molecule has 1 atom stereocenters. The zero-order valence-corrected chi connectivity index (χ0v) is 11.5. The van der Waals surface area contributed by atoms with Gasteiger partial charge in [-0.3, -0.25) is 0 Å². The van der Waals surface area contributed by atoms with Crippen LogP contribution in [0.25, 0.3) is 11.0 Å². The smallest absolute Gasteiger partial charge is 0.145 e. The molecule has 0 aliphatic carbocycles. The van der Waals surface area contributed by atoms with Crippen LogP contribution in [-0.2, 0) is 0 Å². The van der Waals surface area contributed by atoms with Crippen LogP contribution in [0, 0.1) is 12.7 Å². The van der Waals surface area contributed by atoms with Crippen molar-refractivity contribution in [2.24, 2.45) is 0 Å². The highest BCUT2D eigenvalue weighted by atomic mass is 19.1. The van der Waals surface area contributed by atoms with E-state index in [9.17, 15) is 9.50 Å². The number of ether oxygens (including phenoxy) is 1. The van der Waals surface area contributed by atoms with Crippen LogP contribution in [-0.4, -0.2) is 11.7 Å². The molecule has 3 nitrogen and oxygen atoms in total. The van der Waals surface area contributed by atoms with Gasteiger partial charge in [-0.1, -0.05) is 18.2 Å². The lowest BCUT2D eigenvalue weighted by Gasteiger charge is -2.12. The first kappa shape index (κ1) is 13.6. The number of hydrogen-bond acceptors (Lipinski definition) is 3. The number of rotatable bonds is 4. The Bertz CT molecular complexity index is 731. The normalized spacial score (nSPS) is 12.5. The zero-order valence-electron chi connectivity index (χ0n) is 11.5.